The van der Waals surface area contributed by atoms with Gasteiger partial charge >= 0.3 is 0 Å². The number of hydrogen-bond donors (Lipinski definition) is 2. The zero-order valence-electron chi connectivity index (χ0n) is 12.4. The second kappa shape index (κ2) is 8.13. The van der Waals surface area contributed by atoms with Crippen LogP contribution in [0.15, 0.2) is 0 Å². The van der Waals surface area contributed by atoms with Gasteiger partial charge in [-0.25, -0.2) is 0 Å². The summed E-state index contributed by atoms with van der Waals surface area (Å²) in [5.74, 6) is 1.43. The van der Waals surface area contributed by atoms with Crippen LogP contribution < -0.4 is 5.32 Å². The van der Waals surface area contributed by atoms with Gasteiger partial charge in [0.15, 0.2) is 0 Å². The second-order valence-electron chi connectivity index (χ2n) is 6.36. The molecule has 2 atom stereocenters. The average Bonchev–Trinajstić information content (AvgIpc) is 2.33. The van der Waals surface area contributed by atoms with Crippen LogP contribution in [-0.4, -0.2) is 37.0 Å². The van der Waals surface area contributed by atoms with Gasteiger partial charge in [-0.1, -0.05) is 33.6 Å². The van der Waals surface area contributed by atoms with Gasteiger partial charge in [-0.15, -0.1) is 0 Å². The summed E-state index contributed by atoms with van der Waals surface area (Å²) in [5, 5.41) is 13.2. The normalized spacial score (nSPS) is 28.8. The van der Waals surface area contributed by atoms with E-state index in [9.17, 15) is 5.11 Å². The van der Waals surface area contributed by atoms with Gasteiger partial charge in [-0.3, -0.25) is 0 Å². The highest BCUT2D eigenvalue weighted by Crippen LogP contribution is 2.31. The molecule has 3 heteroatoms. The lowest BCUT2D eigenvalue weighted by atomic mass is 9.77. The van der Waals surface area contributed by atoms with E-state index >= 15 is 0 Å². The Balaban J connectivity index is 2.15. The van der Waals surface area contributed by atoms with Crippen LogP contribution >= 0.6 is 0 Å². The fraction of sp³-hybridized carbons (Fsp3) is 1.00. The topological polar surface area (TPSA) is 41.5 Å². The van der Waals surface area contributed by atoms with E-state index in [1.165, 1.54) is 12.8 Å². The molecule has 18 heavy (non-hydrogen) atoms. The molecule has 2 N–H and O–H groups in total. The molecule has 0 heterocycles. The van der Waals surface area contributed by atoms with E-state index < -0.39 is 0 Å². The fourth-order valence-electron chi connectivity index (χ4n) is 2.83. The Morgan fingerprint density at radius 1 is 1.39 bits per heavy atom. The molecule has 0 aliphatic heterocycles. The van der Waals surface area contributed by atoms with Crippen molar-refractivity contribution in [3.05, 3.63) is 0 Å². The van der Waals surface area contributed by atoms with Gasteiger partial charge in [0.2, 0.25) is 0 Å². The SMILES string of the molecule is CC(C)CCOCCNC1(CO)CCCC(C)C1. The molecule has 0 bridgehead atoms. The van der Waals surface area contributed by atoms with Crippen LogP contribution in [0, 0.1) is 11.8 Å². The van der Waals surface area contributed by atoms with E-state index in [4.69, 9.17) is 4.74 Å². The average molecular weight is 257 g/mol. The van der Waals surface area contributed by atoms with Crippen LogP contribution in [0.5, 0.6) is 0 Å². The first-order valence-corrected chi connectivity index (χ1v) is 7.51. The quantitative estimate of drug-likeness (QED) is 0.657. The Kier molecular flexibility index (Phi) is 7.20. The smallest absolute Gasteiger partial charge is 0.0613 e. The third-order valence-electron chi connectivity index (χ3n) is 3.98. The standard InChI is InChI=1S/C15H31NO2/c1-13(2)6-9-18-10-8-16-15(12-17)7-4-5-14(3)11-15/h13-14,16-17H,4-12H2,1-3H3. The van der Waals surface area contributed by atoms with Crippen LogP contribution in [0.25, 0.3) is 0 Å². The van der Waals surface area contributed by atoms with Crippen molar-refractivity contribution in [2.75, 3.05) is 26.4 Å². The monoisotopic (exact) mass is 257 g/mol. The molecule has 0 saturated heterocycles. The molecule has 0 aromatic heterocycles. The summed E-state index contributed by atoms with van der Waals surface area (Å²) in [6, 6.07) is 0. The first kappa shape index (κ1) is 15.9. The minimum Gasteiger partial charge on any atom is -0.394 e. The van der Waals surface area contributed by atoms with Crippen molar-refractivity contribution >= 4 is 0 Å². The summed E-state index contributed by atoms with van der Waals surface area (Å²) in [6.45, 7) is 9.42. The molecule has 2 unspecified atom stereocenters. The highest BCUT2D eigenvalue weighted by Gasteiger charge is 2.33. The molecule has 0 spiro atoms. The molecule has 0 aromatic rings. The Labute approximate surface area is 112 Å². The Morgan fingerprint density at radius 3 is 2.78 bits per heavy atom. The summed E-state index contributed by atoms with van der Waals surface area (Å²) >= 11 is 0. The lowest BCUT2D eigenvalue weighted by molar-refractivity contribution is 0.0773. The number of hydrogen-bond acceptors (Lipinski definition) is 3. The fourth-order valence-corrected chi connectivity index (χ4v) is 2.83. The van der Waals surface area contributed by atoms with E-state index in [-0.39, 0.29) is 12.1 Å². The van der Waals surface area contributed by atoms with Gasteiger partial charge in [0.25, 0.3) is 0 Å². The maximum absolute atomic E-state index is 9.63. The van der Waals surface area contributed by atoms with Crippen molar-refractivity contribution in [3.8, 4) is 0 Å². The molecular formula is C15H31NO2. The van der Waals surface area contributed by atoms with Crippen molar-refractivity contribution in [1.29, 1.82) is 0 Å². The van der Waals surface area contributed by atoms with Crippen molar-refractivity contribution in [2.45, 2.75) is 58.4 Å². The molecule has 1 saturated carbocycles. The zero-order valence-corrected chi connectivity index (χ0v) is 12.4. The Hall–Kier alpha value is -0.120. The van der Waals surface area contributed by atoms with Gasteiger partial charge in [-0.05, 0) is 31.1 Å². The molecule has 1 rings (SSSR count). The number of aliphatic hydroxyl groups excluding tert-OH is 1. The third-order valence-corrected chi connectivity index (χ3v) is 3.98. The summed E-state index contributed by atoms with van der Waals surface area (Å²) in [7, 11) is 0. The van der Waals surface area contributed by atoms with E-state index in [2.05, 4.69) is 26.1 Å². The molecule has 1 fully saturated rings. The molecule has 1 aliphatic rings. The van der Waals surface area contributed by atoms with E-state index in [0.717, 1.165) is 44.9 Å². The maximum atomic E-state index is 9.63. The van der Waals surface area contributed by atoms with Crippen LogP contribution in [0.1, 0.15) is 52.9 Å². The van der Waals surface area contributed by atoms with Crippen LogP contribution in [-0.2, 0) is 4.74 Å². The van der Waals surface area contributed by atoms with Crippen LogP contribution in [0.3, 0.4) is 0 Å². The van der Waals surface area contributed by atoms with Crippen LogP contribution in [0.2, 0.25) is 0 Å². The number of rotatable bonds is 8. The van der Waals surface area contributed by atoms with Crippen molar-refractivity contribution in [1.82, 2.24) is 5.32 Å². The van der Waals surface area contributed by atoms with Crippen molar-refractivity contribution in [2.24, 2.45) is 11.8 Å². The highest BCUT2D eigenvalue weighted by molar-refractivity contribution is 4.92. The molecule has 0 amide bonds. The molecular weight excluding hydrogens is 226 g/mol. The lowest BCUT2D eigenvalue weighted by Gasteiger charge is -2.39. The van der Waals surface area contributed by atoms with E-state index in [0.29, 0.717) is 5.92 Å². The summed E-state index contributed by atoms with van der Waals surface area (Å²) in [5.41, 5.74) is -0.0426. The van der Waals surface area contributed by atoms with Gasteiger partial charge in [0.1, 0.15) is 0 Å². The predicted octanol–water partition coefficient (Wildman–Crippen LogP) is 2.58. The first-order valence-electron chi connectivity index (χ1n) is 7.51. The zero-order chi connectivity index (χ0) is 13.4. The summed E-state index contributed by atoms with van der Waals surface area (Å²) < 4.78 is 5.61. The maximum Gasteiger partial charge on any atom is 0.0613 e. The molecule has 0 radical (unpaired) electrons. The van der Waals surface area contributed by atoms with Crippen molar-refractivity contribution in [3.63, 3.8) is 0 Å². The van der Waals surface area contributed by atoms with Gasteiger partial charge in [0, 0.05) is 18.7 Å². The minimum absolute atomic E-state index is 0.0426. The first-order chi connectivity index (χ1) is 8.58. The van der Waals surface area contributed by atoms with Gasteiger partial charge in [-0.2, -0.15) is 0 Å². The van der Waals surface area contributed by atoms with Crippen LogP contribution in [0.4, 0.5) is 0 Å². The predicted molar refractivity (Wildman–Crippen MR) is 75.7 cm³/mol. The molecule has 3 nitrogen and oxygen atoms in total. The lowest BCUT2D eigenvalue weighted by Crippen LogP contribution is -2.52. The number of aliphatic hydroxyl groups is 1. The van der Waals surface area contributed by atoms with Gasteiger partial charge < -0.3 is 15.2 Å². The third kappa shape index (κ3) is 5.68. The molecule has 0 aromatic carbocycles. The molecule has 1 aliphatic carbocycles. The molecule has 108 valence electrons. The summed E-state index contributed by atoms with van der Waals surface area (Å²) in [4.78, 5) is 0. The second-order valence-corrected chi connectivity index (χ2v) is 6.36. The largest absolute Gasteiger partial charge is 0.394 e. The Morgan fingerprint density at radius 2 is 2.17 bits per heavy atom. The Bertz CT molecular complexity index is 221. The summed E-state index contributed by atoms with van der Waals surface area (Å²) in [6.07, 6.45) is 5.84. The number of ether oxygens (including phenoxy) is 1. The van der Waals surface area contributed by atoms with Crippen molar-refractivity contribution < 1.29 is 9.84 Å². The number of nitrogens with one attached hydrogen (secondary N) is 1. The van der Waals surface area contributed by atoms with E-state index in [1.54, 1.807) is 0 Å². The van der Waals surface area contributed by atoms with Gasteiger partial charge in [0.05, 0.1) is 13.2 Å². The highest BCUT2D eigenvalue weighted by atomic mass is 16.5. The minimum atomic E-state index is -0.0426. The van der Waals surface area contributed by atoms with E-state index in [1.807, 2.05) is 0 Å².